The van der Waals surface area contributed by atoms with E-state index in [-0.39, 0.29) is 11.6 Å². The third kappa shape index (κ3) is 3.45. The Hall–Kier alpha value is -4.00. The number of aromatic amines is 1. The molecule has 2 N–H and O–H groups in total. The highest BCUT2D eigenvalue weighted by Gasteiger charge is 2.21. The van der Waals surface area contributed by atoms with Crippen LogP contribution in [0.5, 0.6) is 0 Å². The molecule has 7 heteroatoms. The van der Waals surface area contributed by atoms with Gasteiger partial charge in [-0.15, -0.1) is 0 Å². The summed E-state index contributed by atoms with van der Waals surface area (Å²) in [6.45, 7) is 0. The molecular formula is C21H16N4O3. The lowest BCUT2D eigenvalue weighted by molar-refractivity contribution is -0.384. The summed E-state index contributed by atoms with van der Waals surface area (Å²) in [6.07, 6.45) is 0. The summed E-state index contributed by atoms with van der Waals surface area (Å²) in [4.78, 5) is 31.0. The summed E-state index contributed by atoms with van der Waals surface area (Å²) >= 11 is 0. The van der Waals surface area contributed by atoms with Crippen molar-refractivity contribution in [1.29, 1.82) is 0 Å². The fourth-order valence-electron chi connectivity index (χ4n) is 3.01. The number of H-pyrrole nitrogens is 1. The molecule has 0 saturated carbocycles. The molecular weight excluding hydrogens is 356 g/mol. The van der Waals surface area contributed by atoms with Crippen molar-refractivity contribution in [3.8, 4) is 0 Å². The van der Waals surface area contributed by atoms with Crippen molar-refractivity contribution >= 4 is 22.6 Å². The topological polar surface area (TPSA) is 101 Å². The highest BCUT2D eigenvalue weighted by atomic mass is 16.6. The number of para-hydroxylation sites is 2. The molecule has 4 rings (SSSR count). The second-order valence-corrected chi connectivity index (χ2v) is 6.26. The number of imidazole rings is 1. The molecule has 0 aliphatic heterocycles. The van der Waals surface area contributed by atoms with Gasteiger partial charge in [0.05, 0.1) is 16.0 Å². The first-order valence-corrected chi connectivity index (χ1v) is 8.67. The maximum absolute atomic E-state index is 12.8. The zero-order valence-electron chi connectivity index (χ0n) is 14.7. The smallest absolute Gasteiger partial charge is 0.269 e. The minimum atomic E-state index is -0.497. The number of hydrogen-bond donors (Lipinski definition) is 2. The maximum Gasteiger partial charge on any atom is 0.269 e. The molecule has 0 saturated heterocycles. The second-order valence-electron chi connectivity index (χ2n) is 6.26. The molecule has 0 aliphatic carbocycles. The van der Waals surface area contributed by atoms with E-state index in [4.69, 9.17) is 0 Å². The Kier molecular flexibility index (Phi) is 4.55. The van der Waals surface area contributed by atoms with Crippen molar-refractivity contribution in [2.24, 2.45) is 0 Å². The predicted molar refractivity (Wildman–Crippen MR) is 105 cm³/mol. The average Bonchev–Trinajstić information content (AvgIpc) is 3.16. The first-order chi connectivity index (χ1) is 13.6. The molecule has 4 aromatic rings. The number of amides is 1. The fourth-order valence-corrected chi connectivity index (χ4v) is 3.01. The van der Waals surface area contributed by atoms with E-state index >= 15 is 0 Å². The molecule has 3 aromatic carbocycles. The number of carbonyl (C=O) groups excluding carboxylic acids is 1. The third-order valence-corrected chi connectivity index (χ3v) is 4.43. The summed E-state index contributed by atoms with van der Waals surface area (Å²) in [5, 5.41) is 13.8. The Morgan fingerprint density at radius 1 is 0.964 bits per heavy atom. The third-order valence-electron chi connectivity index (χ3n) is 4.43. The first kappa shape index (κ1) is 17.4. The zero-order valence-corrected chi connectivity index (χ0v) is 14.7. The van der Waals surface area contributed by atoms with Crippen LogP contribution in [0.1, 0.15) is 27.8 Å². The van der Waals surface area contributed by atoms with Crippen molar-refractivity contribution in [1.82, 2.24) is 15.3 Å². The van der Waals surface area contributed by atoms with Crippen LogP contribution in [0.25, 0.3) is 11.0 Å². The number of aromatic nitrogens is 2. The van der Waals surface area contributed by atoms with Gasteiger partial charge in [-0.1, -0.05) is 42.5 Å². The standard InChI is InChI=1S/C21H16N4O3/c26-21(15-10-12-16(13-11-15)25(27)28)24-19(14-6-2-1-3-7-14)20-22-17-8-4-5-9-18(17)23-20/h1-13,19H,(H,22,23)(H,24,26). The highest BCUT2D eigenvalue weighted by molar-refractivity contribution is 5.95. The number of nitrogens with zero attached hydrogens (tertiary/aromatic N) is 2. The molecule has 0 aliphatic rings. The molecule has 138 valence electrons. The lowest BCUT2D eigenvalue weighted by Gasteiger charge is -2.17. The van der Waals surface area contributed by atoms with Gasteiger partial charge < -0.3 is 10.3 Å². The van der Waals surface area contributed by atoms with Gasteiger partial charge in [-0.05, 0) is 29.8 Å². The number of nitro groups is 1. The van der Waals surface area contributed by atoms with E-state index in [1.54, 1.807) is 0 Å². The largest absolute Gasteiger partial charge is 0.340 e. The summed E-state index contributed by atoms with van der Waals surface area (Å²) < 4.78 is 0. The van der Waals surface area contributed by atoms with E-state index in [1.807, 2.05) is 54.6 Å². The number of nitro benzene ring substituents is 1. The molecule has 1 amide bonds. The first-order valence-electron chi connectivity index (χ1n) is 8.67. The molecule has 0 fully saturated rings. The molecule has 0 spiro atoms. The summed E-state index contributed by atoms with van der Waals surface area (Å²) in [7, 11) is 0. The van der Waals surface area contributed by atoms with Crippen LogP contribution >= 0.6 is 0 Å². The Bertz CT molecular complexity index is 1100. The van der Waals surface area contributed by atoms with E-state index in [9.17, 15) is 14.9 Å². The van der Waals surface area contributed by atoms with Gasteiger partial charge in [0.1, 0.15) is 11.9 Å². The van der Waals surface area contributed by atoms with Gasteiger partial charge in [0.2, 0.25) is 0 Å². The summed E-state index contributed by atoms with van der Waals surface area (Å²) in [6, 6.07) is 22.2. The lowest BCUT2D eigenvalue weighted by Crippen LogP contribution is -2.30. The van der Waals surface area contributed by atoms with Gasteiger partial charge in [0, 0.05) is 17.7 Å². The van der Waals surface area contributed by atoms with E-state index in [0.29, 0.717) is 11.4 Å². The van der Waals surface area contributed by atoms with E-state index < -0.39 is 11.0 Å². The minimum Gasteiger partial charge on any atom is -0.340 e. The molecule has 7 nitrogen and oxygen atoms in total. The van der Waals surface area contributed by atoms with Crippen LogP contribution in [-0.2, 0) is 0 Å². The zero-order chi connectivity index (χ0) is 19.5. The van der Waals surface area contributed by atoms with E-state index in [0.717, 1.165) is 16.6 Å². The minimum absolute atomic E-state index is 0.0616. The predicted octanol–water partition coefficient (Wildman–Crippen LogP) is 3.99. The van der Waals surface area contributed by atoms with Crippen molar-refractivity contribution in [2.45, 2.75) is 6.04 Å². The van der Waals surface area contributed by atoms with Crippen molar-refractivity contribution in [3.05, 3.63) is 106 Å². The van der Waals surface area contributed by atoms with E-state index in [2.05, 4.69) is 15.3 Å². The van der Waals surface area contributed by atoms with Crippen LogP contribution in [0, 0.1) is 10.1 Å². The molecule has 0 radical (unpaired) electrons. The van der Waals surface area contributed by atoms with Crippen LogP contribution < -0.4 is 5.32 Å². The molecule has 1 unspecified atom stereocenters. The molecule has 1 heterocycles. The number of rotatable bonds is 5. The van der Waals surface area contributed by atoms with Gasteiger partial charge in [-0.3, -0.25) is 14.9 Å². The SMILES string of the molecule is O=C(NC(c1ccccc1)c1nc2ccccc2[nH]1)c1ccc([N+](=O)[O-])cc1. The number of nitrogens with one attached hydrogen (secondary N) is 2. The molecule has 28 heavy (non-hydrogen) atoms. The van der Waals surface area contributed by atoms with Gasteiger partial charge in [-0.25, -0.2) is 4.98 Å². The number of non-ortho nitro benzene ring substituents is 1. The van der Waals surface area contributed by atoms with Crippen LogP contribution in [0.4, 0.5) is 5.69 Å². The van der Waals surface area contributed by atoms with Gasteiger partial charge in [-0.2, -0.15) is 0 Å². The normalized spacial score (nSPS) is 11.9. The van der Waals surface area contributed by atoms with Crippen molar-refractivity contribution in [2.75, 3.05) is 0 Å². The quantitative estimate of drug-likeness (QED) is 0.408. The van der Waals surface area contributed by atoms with Gasteiger partial charge in [0.25, 0.3) is 11.6 Å². The number of hydrogen-bond acceptors (Lipinski definition) is 4. The maximum atomic E-state index is 12.8. The Morgan fingerprint density at radius 2 is 1.64 bits per heavy atom. The molecule has 0 bridgehead atoms. The Balaban J connectivity index is 1.67. The lowest BCUT2D eigenvalue weighted by atomic mass is 10.1. The highest BCUT2D eigenvalue weighted by Crippen LogP contribution is 2.23. The van der Waals surface area contributed by atoms with Crippen LogP contribution in [-0.4, -0.2) is 20.8 Å². The van der Waals surface area contributed by atoms with Crippen molar-refractivity contribution in [3.63, 3.8) is 0 Å². The average molecular weight is 372 g/mol. The van der Waals surface area contributed by atoms with Gasteiger partial charge in [0.15, 0.2) is 0 Å². The molecule has 1 atom stereocenters. The number of benzene rings is 3. The summed E-state index contributed by atoms with van der Waals surface area (Å²) in [5.74, 6) is 0.270. The second kappa shape index (κ2) is 7.32. The molecule has 1 aromatic heterocycles. The monoisotopic (exact) mass is 372 g/mol. The number of fused-ring (bicyclic) bond motifs is 1. The Labute approximate surface area is 160 Å². The fraction of sp³-hybridized carbons (Fsp3) is 0.0476. The van der Waals surface area contributed by atoms with Crippen molar-refractivity contribution < 1.29 is 9.72 Å². The van der Waals surface area contributed by atoms with Crippen LogP contribution in [0.15, 0.2) is 78.9 Å². The summed E-state index contributed by atoms with van der Waals surface area (Å²) in [5.41, 5.74) is 2.83. The number of carbonyl (C=O) groups is 1. The van der Waals surface area contributed by atoms with Gasteiger partial charge >= 0.3 is 0 Å². The van der Waals surface area contributed by atoms with Crippen LogP contribution in [0.3, 0.4) is 0 Å². The van der Waals surface area contributed by atoms with E-state index in [1.165, 1.54) is 24.3 Å². The Morgan fingerprint density at radius 3 is 2.32 bits per heavy atom. The van der Waals surface area contributed by atoms with Crippen LogP contribution in [0.2, 0.25) is 0 Å².